The van der Waals surface area contributed by atoms with Gasteiger partial charge in [0.1, 0.15) is 5.65 Å². The normalized spacial score (nSPS) is 11.6. The maximum atomic E-state index is 12.4. The van der Waals surface area contributed by atoms with E-state index in [0.717, 1.165) is 11.1 Å². The van der Waals surface area contributed by atoms with E-state index < -0.39 is 10.0 Å². The summed E-state index contributed by atoms with van der Waals surface area (Å²) in [5.74, 6) is 1.86. The van der Waals surface area contributed by atoms with E-state index >= 15 is 0 Å². The molecule has 10 nitrogen and oxygen atoms in total. The molecule has 2 aromatic heterocycles. The molecule has 0 bridgehead atoms. The van der Waals surface area contributed by atoms with Crippen LogP contribution in [0.5, 0.6) is 17.2 Å². The van der Waals surface area contributed by atoms with Crippen molar-refractivity contribution in [3.8, 4) is 22.9 Å². The third-order valence-electron chi connectivity index (χ3n) is 5.24. The number of hydrogen-bond acceptors (Lipinski definition) is 8. The first kappa shape index (κ1) is 23.3. The van der Waals surface area contributed by atoms with Crippen LogP contribution in [0.4, 0.5) is 11.6 Å². The Hall–Kier alpha value is -3.83. The number of rotatable bonds is 8. The number of fused-ring (bicyclic) bond motifs is 1. The lowest BCUT2D eigenvalue weighted by Gasteiger charge is -2.14. The van der Waals surface area contributed by atoms with Crippen LogP contribution in [0.3, 0.4) is 0 Å². The van der Waals surface area contributed by atoms with Crippen molar-refractivity contribution in [2.24, 2.45) is 0 Å². The topological polar surface area (TPSA) is 108 Å². The molecule has 0 saturated carbocycles. The van der Waals surface area contributed by atoms with Crippen molar-refractivity contribution >= 4 is 32.7 Å². The molecule has 0 atom stereocenters. The Morgan fingerprint density at radius 1 is 0.941 bits per heavy atom. The molecule has 2 aromatic carbocycles. The van der Waals surface area contributed by atoms with Gasteiger partial charge in [0, 0.05) is 55.4 Å². The van der Waals surface area contributed by atoms with Gasteiger partial charge in [0.15, 0.2) is 11.5 Å². The maximum absolute atomic E-state index is 12.4. The summed E-state index contributed by atoms with van der Waals surface area (Å²) < 4.78 is 43.9. The lowest BCUT2D eigenvalue weighted by molar-refractivity contribution is 0.324. The number of benzene rings is 2. The van der Waals surface area contributed by atoms with Crippen molar-refractivity contribution in [2.75, 3.05) is 40.7 Å². The van der Waals surface area contributed by atoms with Crippen molar-refractivity contribution in [1.29, 1.82) is 0 Å². The Morgan fingerprint density at radius 2 is 1.59 bits per heavy atom. The maximum Gasteiger partial charge on any atom is 0.242 e. The fourth-order valence-electron chi connectivity index (χ4n) is 3.46. The first-order valence-electron chi connectivity index (χ1n) is 10.2. The first-order chi connectivity index (χ1) is 16.3. The van der Waals surface area contributed by atoms with Crippen LogP contribution < -0.4 is 19.5 Å². The average Bonchev–Trinajstić information content (AvgIpc) is 3.26. The van der Waals surface area contributed by atoms with Crippen LogP contribution in [0, 0.1) is 0 Å². The number of hydrogen-bond donors (Lipinski definition) is 1. The van der Waals surface area contributed by atoms with E-state index in [2.05, 4.69) is 15.3 Å². The van der Waals surface area contributed by atoms with E-state index in [-0.39, 0.29) is 4.90 Å². The third-order valence-corrected chi connectivity index (χ3v) is 7.07. The summed E-state index contributed by atoms with van der Waals surface area (Å²) in [6.07, 6.45) is 3.57. The zero-order chi connectivity index (χ0) is 24.5. The minimum absolute atomic E-state index is 0.220. The van der Waals surface area contributed by atoms with Gasteiger partial charge in [-0.15, -0.1) is 0 Å². The van der Waals surface area contributed by atoms with Crippen LogP contribution in [0.15, 0.2) is 59.8 Å². The van der Waals surface area contributed by atoms with E-state index in [4.69, 9.17) is 14.2 Å². The smallest absolute Gasteiger partial charge is 0.242 e. The molecule has 0 fully saturated rings. The van der Waals surface area contributed by atoms with Gasteiger partial charge >= 0.3 is 0 Å². The second-order valence-corrected chi connectivity index (χ2v) is 9.63. The number of nitrogens with zero attached hydrogens (tertiary/aromatic N) is 4. The molecule has 4 aromatic rings. The highest BCUT2D eigenvalue weighted by Crippen LogP contribution is 2.40. The van der Waals surface area contributed by atoms with Crippen LogP contribution in [0.2, 0.25) is 0 Å². The number of ether oxygens (including phenoxy) is 3. The average molecular weight is 484 g/mol. The van der Waals surface area contributed by atoms with E-state index in [0.29, 0.717) is 34.5 Å². The van der Waals surface area contributed by atoms with Crippen molar-refractivity contribution in [3.05, 3.63) is 54.9 Å². The highest BCUT2D eigenvalue weighted by atomic mass is 32.2. The fourth-order valence-corrected chi connectivity index (χ4v) is 4.36. The molecule has 11 heteroatoms. The zero-order valence-electron chi connectivity index (χ0n) is 19.4. The van der Waals surface area contributed by atoms with Crippen LogP contribution in [-0.4, -0.2) is 62.7 Å². The predicted molar refractivity (Wildman–Crippen MR) is 129 cm³/mol. The van der Waals surface area contributed by atoms with Gasteiger partial charge in [-0.05, 0) is 30.3 Å². The van der Waals surface area contributed by atoms with Crippen molar-refractivity contribution < 1.29 is 22.6 Å². The highest BCUT2D eigenvalue weighted by molar-refractivity contribution is 7.89. The molecule has 34 heavy (non-hydrogen) atoms. The van der Waals surface area contributed by atoms with Crippen LogP contribution in [0.1, 0.15) is 0 Å². The van der Waals surface area contributed by atoms with Crippen molar-refractivity contribution in [1.82, 2.24) is 18.8 Å². The third kappa shape index (κ3) is 4.22. The molecule has 1 N–H and O–H groups in total. The van der Waals surface area contributed by atoms with E-state index in [1.807, 2.05) is 16.8 Å². The SMILES string of the molecule is COc1cc(Nc2ncc3ccn(-c4ccc(S(=O)(=O)N(C)C)cc4)c3n2)cc(OC)c1OC. The lowest BCUT2D eigenvalue weighted by Crippen LogP contribution is -2.22. The molecule has 0 unspecified atom stereocenters. The van der Waals surface area contributed by atoms with Gasteiger partial charge in [-0.25, -0.2) is 17.7 Å². The Labute approximate surface area is 197 Å². The van der Waals surface area contributed by atoms with E-state index in [9.17, 15) is 8.42 Å². The van der Waals surface area contributed by atoms with E-state index in [1.165, 1.54) is 18.4 Å². The predicted octanol–water partition coefficient (Wildman–Crippen LogP) is 3.44. The van der Waals surface area contributed by atoms with Gasteiger partial charge in [0.05, 0.1) is 26.2 Å². The fraction of sp³-hybridized carbons (Fsp3) is 0.217. The first-order valence-corrected chi connectivity index (χ1v) is 11.7. The monoisotopic (exact) mass is 483 g/mol. The molecule has 0 spiro atoms. The van der Waals surface area contributed by atoms with Crippen molar-refractivity contribution in [3.63, 3.8) is 0 Å². The molecule has 178 valence electrons. The number of nitrogens with one attached hydrogen (secondary N) is 1. The number of sulfonamides is 1. The highest BCUT2D eigenvalue weighted by Gasteiger charge is 2.18. The largest absolute Gasteiger partial charge is 0.493 e. The summed E-state index contributed by atoms with van der Waals surface area (Å²) in [4.78, 5) is 9.28. The number of aromatic nitrogens is 3. The summed E-state index contributed by atoms with van der Waals surface area (Å²) in [5.41, 5.74) is 2.09. The minimum atomic E-state index is -3.50. The van der Waals surface area contributed by atoms with Gasteiger partial charge < -0.3 is 24.1 Å². The lowest BCUT2D eigenvalue weighted by atomic mass is 10.2. The molecule has 0 aliphatic heterocycles. The minimum Gasteiger partial charge on any atom is -0.493 e. The molecular weight excluding hydrogens is 458 g/mol. The van der Waals surface area contributed by atoms with Crippen molar-refractivity contribution in [2.45, 2.75) is 4.90 Å². The molecule has 0 aliphatic carbocycles. The number of anilines is 2. The molecule has 0 amide bonds. The molecule has 0 saturated heterocycles. The second-order valence-electron chi connectivity index (χ2n) is 7.48. The molecule has 0 aliphatic rings. The quantitative estimate of drug-likeness (QED) is 0.406. The summed E-state index contributed by atoms with van der Waals surface area (Å²) in [6, 6.07) is 12.0. The Kier molecular flexibility index (Phi) is 6.31. The molecule has 4 rings (SSSR count). The van der Waals surface area contributed by atoms with Gasteiger partial charge in [0.25, 0.3) is 0 Å². The molecule has 0 radical (unpaired) electrons. The zero-order valence-corrected chi connectivity index (χ0v) is 20.3. The van der Waals surface area contributed by atoms with Gasteiger partial charge in [-0.2, -0.15) is 4.98 Å². The Balaban J connectivity index is 1.69. The standard InChI is InChI=1S/C23H25N5O5S/c1-27(2)34(29,30)18-8-6-17(7-9-18)28-11-10-15-14-24-23(26-22(15)28)25-16-12-19(31-3)21(33-5)20(13-16)32-4/h6-14H,1-5H3,(H,24,25,26). The summed E-state index contributed by atoms with van der Waals surface area (Å²) in [6.45, 7) is 0. The van der Waals surface area contributed by atoms with Gasteiger partial charge in [-0.3, -0.25) is 0 Å². The number of methoxy groups -OCH3 is 3. The Morgan fingerprint density at radius 3 is 2.15 bits per heavy atom. The van der Waals surface area contributed by atoms with E-state index in [1.54, 1.807) is 63.9 Å². The van der Waals surface area contributed by atoms with Crippen LogP contribution in [-0.2, 0) is 10.0 Å². The second kappa shape index (κ2) is 9.20. The molecular formula is C23H25N5O5S. The van der Waals surface area contributed by atoms with Crippen LogP contribution >= 0.6 is 0 Å². The molecule has 2 heterocycles. The Bertz CT molecular complexity index is 1410. The van der Waals surface area contributed by atoms with Gasteiger partial charge in [-0.1, -0.05) is 0 Å². The van der Waals surface area contributed by atoms with Crippen LogP contribution in [0.25, 0.3) is 16.7 Å². The summed E-state index contributed by atoms with van der Waals surface area (Å²) >= 11 is 0. The summed E-state index contributed by atoms with van der Waals surface area (Å²) in [7, 11) is 4.14. The van der Waals surface area contributed by atoms with Gasteiger partial charge in [0.2, 0.25) is 21.7 Å². The summed E-state index contributed by atoms with van der Waals surface area (Å²) in [5, 5.41) is 4.00.